The lowest BCUT2D eigenvalue weighted by Gasteiger charge is -2.29. The maximum Gasteiger partial charge on any atom is 0.251 e. The second-order valence-corrected chi connectivity index (χ2v) is 11.5. The van der Waals surface area contributed by atoms with Crippen LogP contribution in [0.5, 0.6) is 0 Å². The Morgan fingerprint density at radius 1 is 0.844 bits per heavy atom. The zero-order chi connectivity index (χ0) is 31.4. The number of amides is 2. The number of benzene rings is 4. The predicted molar refractivity (Wildman–Crippen MR) is 180 cm³/mol. The lowest BCUT2D eigenvalue weighted by Crippen LogP contribution is -2.49. The third kappa shape index (κ3) is 8.80. The molecule has 45 heavy (non-hydrogen) atoms. The summed E-state index contributed by atoms with van der Waals surface area (Å²) in [6, 6.07) is 37.8. The molecule has 8 heteroatoms. The van der Waals surface area contributed by atoms with Crippen molar-refractivity contribution in [2.24, 2.45) is 5.73 Å². The highest BCUT2D eigenvalue weighted by atomic mass is 16.2. The summed E-state index contributed by atoms with van der Waals surface area (Å²) in [6.07, 6.45) is 1.96. The standard InChI is InChI=1S/C37H42N6O2/c38-37(39)40-23-10-17-34-36(45)43(26-33(29-13-6-2-7-14-29)30-15-8-3-9-16-30)24-22-32(42-34)25-41-35(44)31-20-18-28(19-21-31)27-11-4-1-5-12-27/h1-9,11-16,18-21,32-34,42H,10,17,22-26H2,(H,41,44)(H4,38,39,40)/t32-,34-/m1/s1. The molecule has 8 nitrogen and oxygen atoms in total. The number of guanidine groups is 1. The van der Waals surface area contributed by atoms with Crippen LogP contribution in [0.4, 0.5) is 0 Å². The second-order valence-electron chi connectivity index (χ2n) is 11.5. The molecular formula is C37H42N6O2. The fourth-order valence-electron chi connectivity index (χ4n) is 5.92. The first-order valence-corrected chi connectivity index (χ1v) is 15.6. The van der Waals surface area contributed by atoms with E-state index in [4.69, 9.17) is 11.1 Å². The molecule has 0 aromatic heterocycles. The van der Waals surface area contributed by atoms with Crippen molar-refractivity contribution in [3.05, 3.63) is 132 Å². The molecule has 0 aliphatic carbocycles. The van der Waals surface area contributed by atoms with E-state index in [9.17, 15) is 9.59 Å². The Labute approximate surface area is 265 Å². The maximum absolute atomic E-state index is 14.0. The van der Waals surface area contributed by atoms with Crippen LogP contribution >= 0.6 is 0 Å². The van der Waals surface area contributed by atoms with Crippen LogP contribution in [-0.4, -0.2) is 60.9 Å². The molecule has 4 aromatic rings. The van der Waals surface area contributed by atoms with Gasteiger partial charge in [0.15, 0.2) is 5.96 Å². The Kier molecular flexibility index (Phi) is 11.0. The zero-order valence-corrected chi connectivity index (χ0v) is 25.5. The molecule has 1 aliphatic heterocycles. The summed E-state index contributed by atoms with van der Waals surface area (Å²) < 4.78 is 0. The molecule has 0 radical (unpaired) electrons. The highest BCUT2D eigenvalue weighted by Gasteiger charge is 2.32. The molecule has 4 aromatic carbocycles. The van der Waals surface area contributed by atoms with Gasteiger partial charge in [-0.15, -0.1) is 0 Å². The molecule has 1 saturated heterocycles. The first kappa shape index (κ1) is 31.5. The largest absolute Gasteiger partial charge is 0.370 e. The number of hydrogen-bond acceptors (Lipinski definition) is 4. The summed E-state index contributed by atoms with van der Waals surface area (Å²) in [5.74, 6) is -0.131. The van der Waals surface area contributed by atoms with Gasteiger partial charge in [0, 0.05) is 43.7 Å². The van der Waals surface area contributed by atoms with Gasteiger partial charge in [0.1, 0.15) is 0 Å². The molecule has 1 aliphatic rings. The number of rotatable bonds is 12. The van der Waals surface area contributed by atoms with Crippen molar-refractivity contribution < 1.29 is 9.59 Å². The van der Waals surface area contributed by atoms with Gasteiger partial charge < -0.3 is 26.6 Å². The van der Waals surface area contributed by atoms with E-state index in [0.29, 0.717) is 51.0 Å². The highest BCUT2D eigenvalue weighted by molar-refractivity contribution is 5.94. The summed E-state index contributed by atoms with van der Waals surface area (Å²) in [5.41, 5.74) is 10.6. The van der Waals surface area contributed by atoms with E-state index in [-0.39, 0.29) is 29.7 Å². The monoisotopic (exact) mass is 602 g/mol. The number of nitrogens with two attached hydrogens (primary N) is 1. The highest BCUT2D eigenvalue weighted by Crippen LogP contribution is 2.27. The molecular weight excluding hydrogens is 560 g/mol. The van der Waals surface area contributed by atoms with Crippen LogP contribution in [0.2, 0.25) is 0 Å². The van der Waals surface area contributed by atoms with Gasteiger partial charge in [0.25, 0.3) is 5.91 Å². The average molecular weight is 603 g/mol. The predicted octanol–water partition coefficient (Wildman–Crippen LogP) is 4.74. The normalized spacial score (nSPS) is 16.6. The molecule has 2 amide bonds. The number of hydrogen-bond donors (Lipinski definition) is 5. The quantitative estimate of drug-likeness (QED) is 0.0911. The molecule has 0 spiro atoms. The molecule has 0 saturated carbocycles. The molecule has 2 atom stereocenters. The fourth-order valence-corrected chi connectivity index (χ4v) is 5.92. The molecule has 1 heterocycles. The van der Waals surface area contributed by atoms with Crippen LogP contribution in [0.15, 0.2) is 115 Å². The molecule has 0 bridgehead atoms. The minimum absolute atomic E-state index is 0.0338. The first-order chi connectivity index (χ1) is 22.0. The van der Waals surface area contributed by atoms with E-state index >= 15 is 0 Å². The Balaban J connectivity index is 1.27. The lowest BCUT2D eigenvalue weighted by atomic mass is 9.90. The topological polar surface area (TPSA) is 123 Å². The van der Waals surface area contributed by atoms with E-state index < -0.39 is 6.04 Å². The lowest BCUT2D eigenvalue weighted by molar-refractivity contribution is -0.133. The van der Waals surface area contributed by atoms with Crippen LogP contribution in [-0.2, 0) is 4.79 Å². The van der Waals surface area contributed by atoms with Crippen LogP contribution in [0.1, 0.15) is 46.7 Å². The van der Waals surface area contributed by atoms with E-state index in [1.807, 2.05) is 95.9 Å². The number of carbonyl (C=O) groups is 2. The van der Waals surface area contributed by atoms with Crippen LogP contribution in [0.25, 0.3) is 11.1 Å². The van der Waals surface area contributed by atoms with Crippen molar-refractivity contribution in [1.82, 2.24) is 20.9 Å². The van der Waals surface area contributed by atoms with Gasteiger partial charge in [-0.25, -0.2) is 0 Å². The molecule has 232 valence electrons. The minimum atomic E-state index is -0.416. The number of nitrogens with zero attached hydrogens (tertiary/aromatic N) is 1. The van der Waals surface area contributed by atoms with E-state index in [0.717, 1.165) is 22.3 Å². The maximum atomic E-state index is 14.0. The van der Waals surface area contributed by atoms with Crippen molar-refractivity contribution in [1.29, 1.82) is 5.41 Å². The van der Waals surface area contributed by atoms with Gasteiger partial charge in [-0.2, -0.15) is 0 Å². The molecule has 1 fully saturated rings. The SMILES string of the molecule is N=C(N)NCCC[C@H]1N[C@@H](CNC(=O)c2ccc(-c3ccccc3)cc2)CCN(CC(c2ccccc2)c2ccccc2)C1=O. The Bertz CT molecular complexity index is 1490. The van der Waals surface area contributed by atoms with E-state index in [2.05, 4.69) is 40.2 Å². The summed E-state index contributed by atoms with van der Waals surface area (Å²) >= 11 is 0. The molecule has 6 N–H and O–H groups in total. The summed E-state index contributed by atoms with van der Waals surface area (Å²) in [5, 5.41) is 16.9. The van der Waals surface area contributed by atoms with Gasteiger partial charge in [0.2, 0.25) is 5.91 Å². The Morgan fingerprint density at radius 3 is 2.02 bits per heavy atom. The van der Waals surface area contributed by atoms with Crippen LogP contribution in [0.3, 0.4) is 0 Å². The third-order valence-corrected chi connectivity index (χ3v) is 8.35. The minimum Gasteiger partial charge on any atom is -0.370 e. The van der Waals surface area contributed by atoms with Gasteiger partial charge >= 0.3 is 0 Å². The summed E-state index contributed by atoms with van der Waals surface area (Å²) in [4.78, 5) is 29.1. The van der Waals surface area contributed by atoms with E-state index in [1.165, 1.54) is 0 Å². The third-order valence-electron chi connectivity index (χ3n) is 8.35. The van der Waals surface area contributed by atoms with Crippen LogP contribution < -0.4 is 21.7 Å². The second kappa shape index (κ2) is 15.7. The van der Waals surface area contributed by atoms with E-state index in [1.54, 1.807) is 0 Å². The zero-order valence-electron chi connectivity index (χ0n) is 25.5. The Hall–Kier alpha value is -4.95. The Morgan fingerprint density at radius 2 is 1.42 bits per heavy atom. The molecule has 5 rings (SSSR count). The van der Waals surface area contributed by atoms with Crippen molar-refractivity contribution >= 4 is 17.8 Å². The first-order valence-electron chi connectivity index (χ1n) is 15.6. The van der Waals surface area contributed by atoms with Crippen molar-refractivity contribution in [2.45, 2.75) is 37.3 Å². The average Bonchev–Trinajstić information content (AvgIpc) is 3.23. The van der Waals surface area contributed by atoms with Gasteiger partial charge in [-0.3, -0.25) is 15.0 Å². The smallest absolute Gasteiger partial charge is 0.251 e. The number of nitrogens with one attached hydrogen (secondary N) is 4. The summed E-state index contributed by atoms with van der Waals surface area (Å²) in [6.45, 7) is 2.06. The van der Waals surface area contributed by atoms with Crippen molar-refractivity contribution in [2.75, 3.05) is 26.2 Å². The summed E-state index contributed by atoms with van der Waals surface area (Å²) in [7, 11) is 0. The van der Waals surface area contributed by atoms with Crippen LogP contribution in [0, 0.1) is 5.41 Å². The van der Waals surface area contributed by atoms with Gasteiger partial charge in [-0.1, -0.05) is 103 Å². The van der Waals surface area contributed by atoms with Crippen molar-refractivity contribution in [3.63, 3.8) is 0 Å². The number of carbonyl (C=O) groups excluding carboxylic acids is 2. The van der Waals surface area contributed by atoms with Gasteiger partial charge in [0.05, 0.1) is 6.04 Å². The van der Waals surface area contributed by atoms with Crippen molar-refractivity contribution in [3.8, 4) is 11.1 Å². The fraction of sp³-hybridized carbons (Fsp3) is 0.270. The molecule has 0 unspecified atom stereocenters. The van der Waals surface area contributed by atoms with Gasteiger partial charge in [-0.05, 0) is 53.6 Å².